The molecule has 1 aromatic rings. The maximum absolute atomic E-state index is 5.68. The van der Waals surface area contributed by atoms with E-state index in [4.69, 9.17) is 11.6 Å². The molecule has 0 aromatic carbocycles. The van der Waals surface area contributed by atoms with E-state index in [2.05, 4.69) is 27.3 Å². The number of hydrogen-bond acceptors (Lipinski definition) is 4. The van der Waals surface area contributed by atoms with Crippen LogP contribution in [0.15, 0.2) is 12.1 Å². The number of halogens is 1. The minimum absolute atomic E-state index is 0.451. The highest BCUT2D eigenvalue weighted by Gasteiger charge is 2.15. The average molecular weight is 227 g/mol. The molecule has 1 saturated heterocycles. The summed E-state index contributed by atoms with van der Waals surface area (Å²) in [5, 5.41) is 11.7. The second kappa shape index (κ2) is 4.88. The zero-order valence-corrected chi connectivity index (χ0v) is 9.54. The van der Waals surface area contributed by atoms with E-state index in [0.29, 0.717) is 11.2 Å². The molecule has 82 valence electrons. The van der Waals surface area contributed by atoms with Crippen LogP contribution in [0.1, 0.15) is 12.6 Å². The van der Waals surface area contributed by atoms with Crippen molar-refractivity contribution in [1.82, 2.24) is 20.4 Å². The molecule has 1 fully saturated rings. The molecule has 4 nitrogen and oxygen atoms in total. The summed E-state index contributed by atoms with van der Waals surface area (Å²) >= 11 is 5.68. The van der Waals surface area contributed by atoms with Crippen LogP contribution in [0.25, 0.3) is 0 Å². The Morgan fingerprint density at radius 1 is 1.53 bits per heavy atom. The maximum Gasteiger partial charge on any atom is 0.151 e. The third kappa shape index (κ3) is 3.12. The lowest BCUT2D eigenvalue weighted by Gasteiger charge is -2.31. The van der Waals surface area contributed by atoms with Crippen molar-refractivity contribution in [2.45, 2.75) is 19.5 Å². The minimum atomic E-state index is 0.451. The molecule has 2 rings (SSSR count). The molecule has 0 bridgehead atoms. The Bertz CT molecular complexity index is 314. The van der Waals surface area contributed by atoms with Gasteiger partial charge in [-0.15, -0.1) is 5.10 Å². The predicted octanol–water partition coefficient (Wildman–Crippen LogP) is 0.924. The van der Waals surface area contributed by atoms with E-state index in [9.17, 15) is 0 Å². The van der Waals surface area contributed by atoms with E-state index in [1.54, 1.807) is 6.07 Å². The molecular weight excluding hydrogens is 212 g/mol. The standard InChI is InChI=1S/C10H15ClN4/c1-8-6-15(5-4-12-8)7-9-2-3-10(11)14-13-9/h2-3,8,12H,4-7H2,1H3/t8-/m0/s1. The number of hydrogen-bond donors (Lipinski definition) is 1. The topological polar surface area (TPSA) is 41.1 Å². The van der Waals surface area contributed by atoms with E-state index >= 15 is 0 Å². The van der Waals surface area contributed by atoms with Gasteiger partial charge in [-0.3, -0.25) is 4.90 Å². The van der Waals surface area contributed by atoms with Crippen molar-refractivity contribution >= 4 is 11.6 Å². The zero-order chi connectivity index (χ0) is 10.7. The largest absolute Gasteiger partial charge is 0.312 e. The molecule has 1 N–H and O–H groups in total. The summed E-state index contributed by atoms with van der Waals surface area (Å²) in [6, 6.07) is 4.27. The van der Waals surface area contributed by atoms with Gasteiger partial charge < -0.3 is 5.32 Å². The molecular formula is C10H15ClN4. The van der Waals surface area contributed by atoms with Crippen molar-refractivity contribution in [3.63, 3.8) is 0 Å². The van der Waals surface area contributed by atoms with Crippen LogP contribution >= 0.6 is 11.6 Å². The summed E-state index contributed by atoms with van der Waals surface area (Å²) in [5.74, 6) is 0. The van der Waals surface area contributed by atoms with Crippen LogP contribution in [0.4, 0.5) is 0 Å². The molecule has 2 heterocycles. The molecule has 0 saturated carbocycles. The first kappa shape index (κ1) is 10.8. The predicted molar refractivity (Wildman–Crippen MR) is 59.8 cm³/mol. The molecule has 1 aromatic heterocycles. The van der Waals surface area contributed by atoms with E-state index in [0.717, 1.165) is 31.9 Å². The van der Waals surface area contributed by atoms with Crippen molar-refractivity contribution in [3.05, 3.63) is 23.0 Å². The highest BCUT2D eigenvalue weighted by atomic mass is 35.5. The van der Waals surface area contributed by atoms with Gasteiger partial charge in [0.2, 0.25) is 0 Å². The molecule has 1 atom stereocenters. The number of piperazine rings is 1. The molecule has 1 aliphatic rings. The summed E-state index contributed by atoms with van der Waals surface area (Å²) < 4.78 is 0. The molecule has 0 radical (unpaired) electrons. The number of nitrogens with one attached hydrogen (secondary N) is 1. The van der Waals surface area contributed by atoms with Gasteiger partial charge in [-0.05, 0) is 19.1 Å². The van der Waals surface area contributed by atoms with Crippen molar-refractivity contribution in [2.24, 2.45) is 0 Å². The van der Waals surface area contributed by atoms with Gasteiger partial charge in [-0.25, -0.2) is 0 Å². The lowest BCUT2D eigenvalue weighted by Crippen LogP contribution is -2.48. The molecule has 0 unspecified atom stereocenters. The summed E-state index contributed by atoms with van der Waals surface area (Å²) in [4.78, 5) is 2.37. The normalized spacial score (nSPS) is 22.9. The Balaban J connectivity index is 1.93. The van der Waals surface area contributed by atoms with E-state index < -0.39 is 0 Å². The fraction of sp³-hybridized carbons (Fsp3) is 0.600. The van der Waals surface area contributed by atoms with Crippen LogP contribution in [-0.4, -0.2) is 40.8 Å². The third-order valence-electron chi connectivity index (χ3n) is 2.53. The van der Waals surface area contributed by atoms with Crippen LogP contribution in [-0.2, 0) is 6.54 Å². The Morgan fingerprint density at radius 2 is 2.40 bits per heavy atom. The van der Waals surface area contributed by atoms with Crippen LogP contribution < -0.4 is 5.32 Å². The summed E-state index contributed by atoms with van der Waals surface area (Å²) in [6.45, 7) is 6.22. The molecule has 0 spiro atoms. The van der Waals surface area contributed by atoms with Gasteiger partial charge in [0.25, 0.3) is 0 Å². The van der Waals surface area contributed by atoms with E-state index in [1.807, 2.05) is 6.07 Å². The Hall–Kier alpha value is -0.710. The van der Waals surface area contributed by atoms with Gasteiger partial charge in [-0.2, -0.15) is 5.10 Å². The van der Waals surface area contributed by atoms with E-state index in [-0.39, 0.29) is 0 Å². The smallest absolute Gasteiger partial charge is 0.151 e. The highest BCUT2D eigenvalue weighted by molar-refractivity contribution is 6.29. The maximum atomic E-state index is 5.68. The first-order valence-corrected chi connectivity index (χ1v) is 5.55. The molecule has 0 amide bonds. The second-order valence-electron chi connectivity index (χ2n) is 3.94. The number of nitrogens with zero attached hydrogens (tertiary/aromatic N) is 3. The molecule has 5 heteroatoms. The third-order valence-corrected chi connectivity index (χ3v) is 2.73. The van der Waals surface area contributed by atoms with Crippen LogP contribution in [0.2, 0.25) is 5.15 Å². The molecule has 15 heavy (non-hydrogen) atoms. The van der Waals surface area contributed by atoms with Crippen LogP contribution in [0.3, 0.4) is 0 Å². The van der Waals surface area contributed by atoms with Crippen molar-refractivity contribution in [1.29, 1.82) is 0 Å². The number of rotatable bonds is 2. The summed E-state index contributed by atoms with van der Waals surface area (Å²) in [5.41, 5.74) is 0.980. The SMILES string of the molecule is C[C@H]1CN(Cc2ccc(Cl)nn2)CCN1. The average Bonchev–Trinajstić information content (AvgIpc) is 2.22. The highest BCUT2D eigenvalue weighted by Crippen LogP contribution is 2.07. The molecule has 1 aliphatic heterocycles. The summed E-state index contributed by atoms with van der Waals surface area (Å²) in [7, 11) is 0. The summed E-state index contributed by atoms with van der Waals surface area (Å²) in [6.07, 6.45) is 0. The fourth-order valence-electron chi connectivity index (χ4n) is 1.81. The lowest BCUT2D eigenvalue weighted by atomic mass is 10.2. The van der Waals surface area contributed by atoms with Crippen LogP contribution in [0, 0.1) is 0 Å². The van der Waals surface area contributed by atoms with Crippen molar-refractivity contribution in [3.8, 4) is 0 Å². The van der Waals surface area contributed by atoms with Gasteiger partial charge in [-0.1, -0.05) is 11.6 Å². The zero-order valence-electron chi connectivity index (χ0n) is 8.78. The Kier molecular flexibility index (Phi) is 3.51. The lowest BCUT2D eigenvalue weighted by molar-refractivity contribution is 0.197. The van der Waals surface area contributed by atoms with Gasteiger partial charge in [0.15, 0.2) is 5.15 Å². The first-order chi connectivity index (χ1) is 7.24. The van der Waals surface area contributed by atoms with Gasteiger partial charge >= 0.3 is 0 Å². The number of aromatic nitrogens is 2. The Morgan fingerprint density at radius 3 is 3.07 bits per heavy atom. The van der Waals surface area contributed by atoms with Crippen LogP contribution in [0.5, 0.6) is 0 Å². The minimum Gasteiger partial charge on any atom is -0.312 e. The quantitative estimate of drug-likeness (QED) is 0.815. The van der Waals surface area contributed by atoms with E-state index in [1.165, 1.54) is 0 Å². The van der Waals surface area contributed by atoms with Gasteiger partial charge in [0, 0.05) is 32.2 Å². The second-order valence-corrected chi connectivity index (χ2v) is 4.32. The Labute approximate surface area is 94.6 Å². The van der Waals surface area contributed by atoms with Crippen molar-refractivity contribution in [2.75, 3.05) is 19.6 Å². The van der Waals surface area contributed by atoms with Crippen molar-refractivity contribution < 1.29 is 0 Å². The fourth-order valence-corrected chi connectivity index (χ4v) is 1.91. The molecule has 0 aliphatic carbocycles. The monoisotopic (exact) mass is 226 g/mol. The first-order valence-electron chi connectivity index (χ1n) is 5.18. The van der Waals surface area contributed by atoms with Gasteiger partial charge in [0.1, 0.15) is 0 Å². The van der Waals surface area contributed by atoms with Gasteiger partial charge in [0.05, 0.1) is 5.69 Å².